The molecule has 0 aliphatic heterocycles. The largest absolute Gasteiger partial charge is 0.462 e. The lowest BCUT2D eigenvalue weighted by atomic mass is 10.1. The predicted octanol–water partition coefficient (Wildman–Crippen LogP) is 2.25. The molecule has 0 N–H and O–H groups in total. The second-order valence-corrected chi connectivity index (χ2v) is 5.28. The lowest BCUT2D eigenvalue weighted by molar-refractivity contribution is -0.156. The highest BCUT2D eigenvalue weighted by atomic mass is 16.6. The number of hydrogen-bond donors (Lipinski definition) is 0. The minimum absolute atomic E-state index is 0.0251. The summed E-state index contributed by atoms with van der Waals surface area (Å²) in [5.74, 6) is 3.70. The topological polar surface area (TPSA) is 78.9 Å². The van der Waals surface area contributed by atoms with E-state index in [0.29, 0.717) is 19.3 Å². The molecule has 1 aromatic rings. The Hall–Kier alpha value is -2.81. The van der Waals surface area contributed by atoms with Gasteiger partial charge in [-0.2, -0.15) is 0 Å². The van der Waals surface area contributed by atoms with Crippen molar-refractivity contribution in [3.63, 3.8) is 0 Å². The molecular formula is C19H22O6. The van der Waals surface area contributed by atoms with Gasteiger partial charge in [0.1, 0.15) is 12.7 Å². The molecule has 0 aromatic heterocycles. The van der Waals surface area contributed by atoms with Crippen molar-refractivity contribution >= 4 is 17.9 Å². The van der Waals surface area contributed by atoms with Crippen molar-refractivity contribution < 1.29 is 28.6 Å². The molecule has 0 aliphatic rings. The number of hydrogen-bond acceptors (Lipinski definition) is 6. The summed E-state index contributed by atoms with van der Waals surface area (Å²) >= 11 is 0. The molecule has 0 spiro atoms. The molecular weight excluding hydrogens is 324 g/mol. The summed E-state index contributed by atoms with van der Waals surface area (Å²) in [7, 11) is 0. The Kier molecular flexibility index (Phi) is 9.46. The molecule has 25 heavy (non-hydrogen) atoms. The molecule has 0 bridgehead atoms. The second-order valence-electron chi connectivity index (χ2n) is 5.28. The van der Waals surface area contributed by atoms with Crippen LogP contribution in [0.1, 0.15) is 38.7 Å². The maximum atomic E-state index is 11.5. The highest BCUT2D eigenvalue weighted by Crippen LogP contribution is 2.07. The van der Waals surface area contributed by atoms with Crippen molar-refractivity contribution in [1.29, 1.82) is 0 Å². The monoisotopic (exact) mass is 346 g/mol. The Morgan fingerprint density at radius 2 is 1.72 bits per heavy atom. The van der Waals surface area contributed by atoms with E-state index in [9.17, 15) is 14.4 Å². The number of ether oxygens (including phenoxy) is 3. The third-order valence-electron chi connectivity index (χ3n) is 3.04. The summed E-state index contributed by atoms with van der Waals surface area (Å²) in [5.41, 5.74) is 0.745. The molecule has 0 aliphatic carbocycles. The molecule has 1 atom stereocenters. The first-order valence-electron chi connectivity index (χ1n) is 8.01. The molecule has 6 heteroatoms. The summed E-state index contributed by atoms with van der Waals surface area (Å²) < 4.78 is 14.9. The molecule has 0 heterocycles. The zero-order valence-corrected chi connectivity index (χ0v) is 14.4. The molecule has 0 amide bonds. The van der Waals surface area contributed by atoms with Crippen LogP contribution in [-0.2, 0) is 28.6 Å². The quantitative estimate of drug-likeness (QED) is 0.311. The average Bonchev–Trinajstić information content (AvgIpc) is 2.57. The average molecular weight is 346 g/mol. The number of benzene rings is 1. The maximum Gasteiger partial charge on any atom is 0.384 e. The van der Waals surface area contributed by atoms with Gasteiger partial charge in [0.05, 0.1) is 6.61 Å². The Labute approximate surface area is 147 Å². The van der Waals surface area contributed by atoms with Crippen LogP contribution in [0, 0.1) is 11.8 Å². The first kappa shape index (κ1) is 20.2. The minimum Gasteiger partial charge on any atom is -0.462 e. The van der Waals surface area contributed by atoms with Crippen molar-refractivity contribution in [1.82, 2.24) is 0 Å². The summed E-state index contributed by atoms with van der Waals surface area (Å²) in [6, 6.07) is 9.15. The van der Waals surface area contributed by atoms with Gasteiger partial charge in [0.2, 0.25) is 0 Å². The number of rotatable bonds is 8. The fraction of sp³-hybridized carbons (Fsp3) is 0.421. The molecule has 1 aromatic carbocycles. The van der Waals surface area contributed by atoms with Crippen LogP contribution in [0.3, 0.4) is 0 Å². The predicted molar refractivity (Wildman–Crippen MR) is 90.3 cm³/mol. The number of carbonyl (C=O) groups is 3. The van der Waals surface area contributed by atoms with E-state index < -0.39 is 24.0 Å². The number of esters is 3. The summed E-state index contributed by atoms with van der Waals surface area (Å²) in [5, 5.41) is 0. The van der Waals surface area contributed by atoms with E-state index in [1.54, 1.807) is 12.1 Å². The fourth-order valence-electron chi connectivity index (χ4n) is 1.94. The van der Waals surface area contributed by atoms with Crippen LogP contribution in [0.4, 0.5) is 0 Å². The summed E-state index contributed by atoms with van der Waals surface area (Å²) in [4.78, 5) is 33.3. The van der Waals surface area contributed by atoms with E-state index >= 15 is 0 Å². The first-order valence-corrected chi connectivity index (χ1v) is 8.01. The van der Waals surface area contributed by atoms with Crippen LogP contribution >= 0.6 is 0 Å². The normalized spacial score (nSPS) is 10.8. The lowest BCUT2D eigenvalue weighted by Gasteiger charge is -2.16. The number of unbranched alkanes of at least 4 members (excludes halogenated alkanes) is 1. The van der Waals surface area contributed by atoms with Gasteiger partial charge < -0.3 is 14.2 Å². The highest BCUT2D eigenvalue weighted by Gasteiger charge is 2.13. The Balaban J connectivity index is 2.24. The van der Waals surface area contributed by atoms with Gasteiger partial charge >= 0.3 is 17.9 Å². The van der Waals surface area contributed by atoms with E-state index in [2.05, 4.69) is 11.8 Å². The maximum absolute atomic E-state index is 11.5. The van der Waals surface area contributed by atoms with Crippen molar-refractivity contribution in [2.45, 2.75) is 39.2 Å². The van der Waals surface area contributed by atoms with Gasteiger partial charge in [-0.05, 0) is 31.4 Å². The fourth-order valence-corrected chi connectivity index (χ4v) is 1.94. The molecule has 6 nitrogen and oxygen atoms in total. The molecule has 0 saturated carbocycles. The van der Waals surface area contributed by atoms with Crippen molar-refractivity contribution in [2.75, 3.05) is 13.2 Å². The van der Waals surface area contributed by atoms with E-state index in [0.717, 1.165) is 5.56 Å². The lowest BCUT2D eigenvalue weighted by Crippen LogP contribution is -2.23. The van der Waals surface area contributed by atoms with Gasteiger partial charge in [0, 0.05) is 25.3 Å². The van der Waals surface area contributed by atoms with Gasteiger partial charge in [-0.1, -0.05) is 24.1 Å². The van der Waals surface area contributed by atoms with E-state index in [1.165, 1.54) is 13.8 Å². The minimum atomic E-state index is -0.583. The first-order chi connectivity index (χ1) is 12.0. The molecule has 0 radical (unpaired) electrons. The molecule has 134 valence electrons. The van der Waals surface area contributed by atoms with E-state index in [1.807, 2.05) is 18.2 Å². The third-order valence-corrected chi connectivity index (χ3v) is 3.04. The standard InChI is InChI=1S/C19H22O6/c1-15(20)24-14-18(25-16(2)21)10-6-7-13-23-19(22)12-11-17-8-4-3-5-9-17/h3-5,8-9,18H,6-7,10,13-14H2,1-2H3/t18-/m0/s1. The van der Waals surface area contributed by atoms with Gasteiger partial charge in [-0.25, -0.2) is 4.79 Å². The summed E-state index contributed by atoms with van der Waals surface area (Å²) in [6.45, 7) is 2.84. The third kappa shape index (κ3) is 10.6. The molecule has 1 rings (SSSR count). The zero-order valence-electron chi connectivity index (χ0n) is 14.4. The van der Waals surface area contributed by atoms with E-state index in [4.69, 9.17) is 14.2 Å². The molecule has 0 unspecified atom stereocenters. The molecule has 0 saturated heterocycles. The Morgan fingerprint density at radius 3 is 2.36 bits per heavy atom. The van der Waals surface area contributed by atoms with Gasteiger partial charge in [0.15, 0.2) is 0 Å². The molecule has 0 fully saturated rings. The van der Waals surface area contributed by atoms with Gasteiger partial charge in [0.25, 0.3) is 0 Å². The summed E-state index contributed by atoms with van der Waals surface area (Å²) in [6.07, 6.45) is 1.27. The van der Waals surface area contributed by atoms with Crippen LogP contribution < -0.4 is 0 Å². The second kappa shape index (κ2) is 11.7. The van der Waals surface area contributed by atoms with Crippen LogP contribution in [0.25, 0.3) is 0 Å². The smallest absolute Gasteiger partial charge is 0.384 e. The van der Waals surface area contributed by atoms with Crippen LogP contribution in [-0.4, -0.2) is 37.2 Å². The number of carbonyl (C=O) groups excluding carboxylic acids is 3. The van der Waals surface area contributed by atoms with Crippen molar-refractivity contribution in [3.8, 4) is 11.8 Å². The van der Waals surface area contributed by atoms with Gasteiger partial charge in [-0.15, -0.1) is 0 Å². The van der Waals surface area contributed by atoms with Crippen molar-refractivity contribution in [2.24, 2.45) is 0 Å². The Morgan fingerprint density at radius 1 is 1.00 bits per heavy atom. The highest BCUT2D eigenvalue weighted by molar-refractivity contribution is 5.89. The van der Waals surface area contributed by atoms with Crippen LogP contribution in [0.15, 0.2) is 30.3 Å². The Bertz CT molecular complexity index is 626. The van der Waals surface area contributed by atoms with E-state index in [-0.39, 0.29) is 13.2 Å². The van der Waals surface area contributed by atoms with Crippen LogP contribution in [0.5, 0.6) is 0 Å². The van der Waals surface area contributed by atoms with Gasteiger partial charge in [-0.3, -0.25) is 9.59 Å². The van der Waals surface area contributed by atoms with Crippen LogP contribution in [0.2, 0.25) is 0 Å². The SMILES string of the molecule is CC(=O)OC[C@H](CCCCOC(=O)C#Cc1ccccc1)OC(C)=O. The zero-order chi connectivity index (χ0) is 18.5. The van der Waals surface area contributed by atoms with Crippen molar-refractivity contribution in [3.05, 3.63) is 35.9 Å².